The molecule has 2 aromatic carbocycles. The Hall–Kier alpha value is -3.10. The Morgan fingerprint density at radius 3 is 2.53 bits per heavy atom. The van der Waals surface area contributed by atoms with E-state index in [1.807, 2.05) is 69.6 Å². The molecule has 0 radical (unpaired) electrons. The van der Waals surface area contributed by atoms with Crippen LogP contribution in [0.1, 0.15) is 59.2 Å². The van der Waals surface area contributed by atoms with Crippen LogP contribution < -0.4 is 5.32 Å². The van der Waals surface area contributed by atoms with Crippen LogP contribution >= 0.6 is 11.6 Å². The molecule has 1 heterocycles. The summed E-state index contributed by atoms with van der Waals surface area (Å²) in [6, 6.07) is 15.0. The first-order chi connectivity index (χ1) is 14.1. The standard InChI is InChI=1S/C24H25ClN4O/c1-15-21(12-17-8-6-7-9-20(17)23(30)27-24(3,4)5)16(2)29(28-15)19-11-10-18(14-26)22(25)13-19/h6-11,13H,12H2,1-5H3,(H,27,30). The minimum atomic E-state index is -0.310. The molecule has 0 fully saturated rings. The number of halogens is 1. The molecule has 1 aromatic heterocycles. The Bertz CT molecular complexity index is 1150. The van der Waals surface area contributed by atoms with E-state index in [0.717, 1.165) is 28.2 Å². The van der Waals surface area contributed by atoms with Crippen LogP contribution in [0.4, 0.5) is 0 Å². The van der Waals surface area contributed by atoms with Crippen LogP contribution in [0, 0.1) is 25.2 Å². The quantitative estimate of drug-likeness (QED) is 0.635. The molecule has 6 heteroatoms. The van der Waals surface area contributed by atoms with Crippen molar-refractivity contribution in [3.05, 3.63) is 81.1 Å². The van der Waals surface area contributed by atoms with E-state index in [1.165, 1.54) is 0 Å². The number of amides is 1. The van der Waals surface area contributed by atoms with Gasteiger partial charge in [0.2, 0.25) is 0 Å². The Labute approximate surface area is 182 Å². The maximum Gasteiger partial charge on any atom is 0.251 e. The molecule has 0 atom stereocenters. The SMILES string of the molecule is Cc1nn(-c2ccc(C#N)c(Cl)c2)c(C)c1Cc1ccccc1C(=O)NC(C)(C)C. The van der Waals surface area contributed by atoms with E-state index in [4.69, 9.17) is 16.9 Å². The van der Waals surface area contributed by atoms with E-state index in [-0.39, 0.29) is 11.4 Å². The minimum absolute atomic E-state index is 0.0836. The average molecular weight is 421 g/mol. The van der Waals surface area contributed by atoms with Crippen molar-refractivity contribution in [1.82, 2.24) is 15.1 Å². The lowest BCUT2D eigenvalue weighted by Crippen LogP contribution is -2.40. The zero-order valence-electron chi connectivity index (χ0n) is 17.9. The van der Waals surface area contributed by atoms with Crippen LogP contribution in [-0.2, 0) is 6.42 Å². The molecular formula is C24H25ClN4O. The summed E-state index contributed by atoms with van der Waals surface area (Å²) >= 11 is 6.21. The highest BCUT2D eigenvalue weighted by molar-refractivity contribution is 6.31. The van der Waals surface area contributed by atoms with E-state index < -0.39 is 0 Å². The zero-order chi connectivity index (χ0) is 22.1. The highest BCUT2D eigenvalue weighted by atomic mass is 35.5. The molecule has 0 bridgehead atoms. The molecule has 0 spiro atoms. The van der Waals surface area contributed by atoms with Gasteiger partial charge in [0, 0.05) is 28.8 Å². The van der Waals surface area contributed by atoms with Gasteiger partial charge in [0.1, 0.15) is 6.07 Å². The van der Waals surface area contributed by atoms with Gasteiger partial charge in [0.15, 0.2) is 0 Å². The summed E-state index contributed by atoms with van der Waals surface area (Å²) in [5, 5.41) is 17.2. The fourth-order valence-electron chi connectivity index (χ4n) is 3.40. The molecule has 0 aliphatic rings. The number of hydrogen-bond donors (Lipinski definition) is 1. The summed E-state index contributed by atoms with van der Waals surface area (Å²) in [5.74, 6) is -0.0836. The van der Waals surface area contributed by atoms with E-state index in [9.17, 15) is 4.79 Å². The van der Waals surface area contributed by atoms with Gasteiger partial charge in [-0.25, -0.2) is 4.68 Å². The summed E-state index contributed by atoms with van der Waals surface area (Å²) in [7, 11) is 0. The Balaban J connectivity index is 1.98. The lowest BCUT2D eigenvalue weighted by Gasteiger charge is -2.21. The lowest BCUT2D eigenvalue weighted by atomic mass is 9.97. The van der Waals surface area contributed by atoms with Gasteiger partial charge in [-0.2, -0.15) is 10.4 Å². The van der Waals surface area contributed by atoms with Crippen LogP contribution in [0.25, 0.3) is 5.69 Å². The molecule has 5 nitrogen and oxygen atoms in total. The van der Waals surface area contributed by atoms with Crippen molar-refractivity contribution < 1.29 is 4.79 Å². The van der Waals surface area contributed by atoms with Crippen molar-refractivity contribution in [3.8, 4) is 11.8 Å². The minimum Gasteiger partial charge on any atom is -0.347 e. The molecule has 1 N–H and O–H groups in total. The molecule has 0 saturated heterocycles. The summed E-state index contributed by atoms with van der Waals surface area (Å²) in [6.07, 6.45) is 0.593. The van der Waals surface area contributed by atoms with Crippen molar-refractivity contribution in [2.45, 2.75) is 46.6 Å². The van der Waals surface area contributed by atoms with Crippen molar-refractivity contribution in [1.29, 1.82) is 5.26 Å². The summed E-state index contributed by atoms with van der Waals surface area (Å²) in [5.41, 5.74) is 5.45. The molecular weight excluding hydrogens is 396 g/mol. The summed E-state index contributed by atoms with van der Waals surface area (Å²) in [6.45, 7) is 9.86. The number of aryl methyl sites for hydroxylation is 1. The first-order valence-electron chi connectivity index (χ1n) is 9.76. The van der Waals surface area contributed by atoms with Crippen molar-refractivity contribution in [3.63, 3.8) is 0 Å². The van der Waals surface area contributed by atoms with Gasteiger partial charge in [-0.3, -0.25) is 4.79 Å². The smallest absolute Gasteiger partial charge is 0.251 e. The van der Waals surface area contributed by atoms with E-state index in [0.29, 0.717) is 22.6 Å². The largest absolute Gasteiger partial charge is 0.347 e. The number of nitrogens with zero attached hydrogens (tertiary/aromatic N) is 3. The third-order valence-corrected chi connectivity index (χ3v) is 5.19. The van der Waals surface area contributed by atoms with Crippen LogP contribution in [-0.4, -0.2) is 21.2 Å². The van der Waals surface area contributed by atoms with Crippen molar-refractivity contribution in [2.24, 2.45) is 0 Å². The Kier molecular flexibility index (Phi) is 6.00. The molecule has 0 aliphatic carbocycles. The predicted molar refractivity (Wildman–Crippen MR) is 119 cm³/mol. The van der Waals surface area contributed by atoms with Crippen LogP contribution in [0.2, 0.25) is 5.02 Å². The third-order valence-electron chi connectivity index (χ3n) is 4.88. The Morgan fingerprint density at radius 2 is 1.90 bits per heavy atom. The first kappa shape index (κ1) is 21.6. The number of nitriles is 1. The van der Waals surface area contributed by atoms with Gasteiger partial charge >= 0.3 is 0 Å². The normalized spacial score (nSPS) is 11.2. The van der Waals surface area contributed by atoms with Gasteiger partial charge in [-0.05, 0) is 64.4 Å². The number of benzene rings is 2. The predicted octanol–water partition coefficient (Wildman–Crippen LogP) is 5.13. The van der Waals surface area contributed by atoms with Crippen LogP contribution in [0.5, 0.6) is 0 Å². The maximum absolute atomic E-state index is 12.8. The first-order valence-corrected chi connectivity index (χ1v) is 10.1. The van der Waals surface area contributed by atoms with Gasteiger partial charge in [0.25, 0.3) is 5.91 Å². The second-order valence-electron chi connectivity index (χ2n) is 8.38. The Morgan fingerprint density at radius 1 is 1.20 bits per heavy atom. The summed E-state index contributed by atoms with van der Waals surface area (Å²) < 4.78 is 1.83. The van der Waals surface area contributed by atoms with Gasteiger partial charge in [-0.15, -0.1) is 0 Å². The van der Waals surface area contributed by atoms with Crippen LogP contribution in [0.3, 0.4) is 0 Å². The number of hydrogen-bond acceptors (Lipinski definition) is 3. The van der Waals surface area contributed by atoms with E-state index in [2.05, 4.69) is 16.5 Å². The highest BCUT2D eigenvalue weighted by Gasteiger charge is 2.20. The van der Waals surface area contributed by atoms with Crippen LogP contribution in [0.15, 0.2) is 42.5 Å². The molecule has 0 saturated carbocycles. The van der Waals surface area contributed by atoms with E-state index >= 15 is 0 Å². The number of aromatic nitrogens is 2. The summed E-state index contributed by atoms with van der Waals surface area (Å²) in [4.78, 5) is 12.8. The number of carbonyl (C=O) groups is 1. The molecule has 0 unspecified atom stereocenters. The molecule has 0 aliphatic heterocycles. The molecule has 3 rings (SSSR count). The zero-order valence-corrected chi connectivity index (χ0v) is 18.6. The molecule has 3 aromatic rings. The molecule has 154 valence electrons. The number of rotatable bonds is 4. The van der Waals surface area contributed by atoms with Crippen molar-refractivity contribution in [2.75, 3.05) is 0 Å². The third kappa shape index (κ3) is 4.55. The fourth-order valence-corrected chi connectivity index (χ4v) is 3.62. The second-order valence-corrected chi connectivity index (χ2v) is 8.78. The number of nitrogens with one attached hydrogen (secondary N) is 1. The second kappa shape index (κ2) is 8.33. The fraction of sp³-hybridized carbons (Fsp3) is 0.292. The molecule has 1 amide bonds. The lowest BCUT2D eigenvalue weighted by molar-refractivity contribution is 0.0918. The monoisotopic (exact) mass is 420 g/mol. The highest BCUT2D eigenvalue weighted by Crippen LogP contribution is 2.25. The van der Waals surface area contributed by atoms with Gasteiger partial charge in [-0.1, -0.05) is 29.8 Å². The van der Waals surface area contributed by atoms with Crippen molar-refractivity contribution >= 4 is 17.5 Å². The van der Waals surface area contributed by atoms with Gasteiger partial charge in [0.05, 0.1) is 22.0 Å². The average Bonchev–Trinajstić information content (AvgIpc) is 2.95. The molecule has 30 heavy (non-hydrogen) atoms. The topological polar surface area (TPSA) is 70.7 Å². The van der Waals surface area contributed by atoms with E-state index in [1.54, 1.807) is 12.1 Å². The maximum atomic E-state index is 12.8. The van der Waals surface area contributed by atoms with Gasteiger partial charge < -0.3 is 5.32 Å². The number of carbonyl (C=O) groups excluding carboxylic acids is 1.